The minimum absolute atomic E-state index is 0.243. The Hall–Kier alpha value is -3.57. The number of nitriles is 2. The lowest BCUT2D eigenvalue weighted by Crippen LogP contribution is -2.23. The van der Waals surface area contributed by atoms with Gasteiger partial charge in [-0.05, 0) is 24.6 Å². The molecule has 0 aliphatic carbocycles. The molecule has 1 atom stereocenters. The van der Waals surface area contributed by atoms with Crippen LogP contribution in [0, 0.1) is 35.5 Å². The summed E-state index contributed by atoms with van der Waals surface area (Å²) in [7, 11) is 0. The third-order valence-corrected chi connectivity index (χ3v) is 4.21. The van der Waals surface area contributed by atoms with Crippen molar-refractivity contribution in [2.45, 2.75) is 12.8 Å². The number of aryl methyl sites for hydroxylation is 1. The number of hydrogen-bond acceptors (Lipinski definition) is 3. The van der Waals surface area contributed by atoms with Crippen LogP contribution in [0.5, 0.6) is 0 Å². The smallest absolute Gasteiger partial charge is 0.275 e. The Morgan fingerprint density at radius 3 is 2.08 bits per heavy atom. The van der Waals surface area contributed by atoms with Crippen molar-refractivity contribution in [3.63, 3.8) is 0 Å². The van der Waals surface area contributed by atoms with Gasteiger partial charge in [0.1, 0.15) is 5.92 Å². The van der Waals surface area contributed by atoms with Gasteiger partial charge in [0.05, 0.1) is 17.8 Å². The summed E-state index contributed by atoms with van der Waals surface area (Å²) in [5, 5.41) is 21.9. The molecule has 0 radical (unpaired) electrons. The SMILES string of the molecule is Cc1[nH]n(-c2ccccc2)c(=O)c1[C@@H](c1ccccc1)C(C#N)C#N. The number of hydrogen-bond donors (Lipinski definition) is 1. The summed E-state index contributed by atoms with van der Waals surface area (Å²) in [6.45, 7) is 1.79. The van der Waals surface area contributed by atoms with Gasteiger partial charge >= 0.3 is 0 Å². The first kappa shape index (κ1) is 16.3. The standard InChI is InChI=1S/C20H16N4O/c1-14-18(20(25)24(23-14)17-10-6-3-7-11-17)19(16(12-21)13-22)15-8-4-2-5-9-15/h2-11,16,19,23H,1H3/t19-/m0/s1. The number of rotatable bonds is 4. The largest absolute Gasteiger partial charge is 0.295 e. The van der Waals surface area contributed by atoms with E-state index in [0.29, 0.717) is 16.9 Å². The Labute approximate surface area is 145 Å². The molecule has 2 aromatic carbocycles. The van der Waals surface area contributed by atoms with Crippen LogP contribution >= 0.6 is 0 Å². The molecule has 5 heteroatoms. The van der Waals surface area contributed by atoms with Gasteiger partial charge in [-0.3, -0.25) is 9.89 Å². The Kier molecular flexibility index (Phi) is 4.50. The molecule has 1 heterocycles. The first-order valence-electron chi connectivity index (χ1n) is 7.88. The summed E-state index contributed by atoms with van der Waals surface area (Å²) in [5.74, 6) is -1.56. The monoisotopic (exact) mass is 328 g/mol. The van der Waals surface area contributed by atoms with E-state index >= 15 is 0 Å². The zero-order valence-electron chi connectivity index (χ0n) is 13.7. The lowest BCUT2D eigenvalue weighted by atomic mass is 9.82. The Morgan fingerprint density at radius 2 is 1.52 bits per heavy atom. The highest BCUT2D eigenvalue weighted by atomic mass is 16.1. The van der Waals surface area contributed by atoms with E-state index in [1.54, 1.807) is 6.92 Å². The minimum atomic E-state index is -0.950. The van der Waals surface area contributed by atoms with Crippen LogP contribution in [0.25, 0.3) is 5.69 Å². The average Bonchev–Trinajstić information content (AvgIpc) is 2.95. The number of aromatic nitrogens is 2. The van der Waals surface area contributed by atoms with Crippen LogP contribution in [0.2, 0.25) is 0 Å². The summed E-state index contributed by atoms with van der Waals surface area (Å²) in [6.07, 6.45) is 0. The van der Waals surface area contributed by atoms with E-state index in [9.17, 15) is 15.3 Å². The molecule has 0 unspecified atom stereocenters. The number of nitrogens with zero attached hydrogens (tertiary/aromatic N) is 3. The highest BCUT2D eigenvalue weighted by molar-refractivity contribution is 5.40. The van der Waals surface area contributed by atoms with E-state index in [-0.39, 0.29) is 5.56 Å². The fourth-order valence-corrected chi connectivity index (χ4v) is 3.05. The van der Waals surface area contributed by atoms with E-state index in [0.717, 1.165) is 5.56 Å². The van der Waals surface area contributed by atoms with Crippen molar-refractivity contribution in [2.75, 3.05) is 0 Å². The number of para-hydroxylation sites is 1. The van der Waals surface area contributed by atoms with E-state index in [1.165, 1.54) is 4.68 Å². The van der Waals surface area contributed by atoms with E-state index in [2.05, 4.69) is 5.10 Å². The molecule has 0 fully saturated rings. The molecule has 0 aliphatic heterocycles. The second kappa shape index (κ2) is 6.90. The quantitative estimate of drug-likeness (QED) is 0.797. The van der Waals surface area contributed by atoms with Crippen molar-refractivity contribution in [1.29, 1.82) is 10.5 Å². The molecule has 5 nitrogen and oxygen atoms in total. The van der Waals surface area contributed by atoms with Crippen LogP contribution in [0.4, 0.5) is 0 Å². The van der Waals surface area contributed by atoms with Gasteiger partial charge in [-0.2, -0.15) is 10.5 Å². The molecule has 0 bridgehead atoms. The normalized spacial score (nSPS) is 11.7. The molecule has 25 heavy (non-hydrogen) atoms. The third-order valence-electron chi connectivity index (χ3n) is 4.21. The molecule has 0 saturated carbocycles. The maximum atomic E-state index is 13.1. The van der Waals surface area contributed by atoms with Crippen molar-refractivity contribution in [1.82, 2.24) is 9.78 Å². The second-order valence-corrected chi connectivity index (χ2v) is 5.75. The van der Waals surface area contributed by atoms with E-state index in [1.807, 2.05) is 72.8 Å². The first-order chi connectivity index (χ1) is 12.2. The van der Waals surface area contributed by atoms with Crippen LogP contribution in [0.15, 0.2) is 65.5 Å². The molecule has 3 aromatic rings. The van der Waals surface area contributed by atoms with E-state index < -0.39 is 11.8 Å². The van der Waals surface area contributed by atoms with E-state index in [4.69, 9.17) is 0 Å². The van der Waals surface area contributed by atoms with Crippen LogP contribution in [-0.4, -0.2) is 9.78 Å². The molecule has 1 N–H and O–H groups in total. The fourth-order valence-electron chi connectivity index (χ4n) is 3.05. The molecule has 0 spiro atoms. The predicted molar refractivity (Wildman–Crippen MR) is 94.1 cm³/mol. The van der Waals surface area contributed by atoms with Gasteiger partial charge in [0.25, 0.3) is 5.56 Å². The number of benzene rings is 2. The molecule has 3 rings (SSSR count). The second-order valence-electron chi connectivity index (χ2n) is 5.75. The van der Waals surface area contributed by atoms with Gasteiger partial charge in [0.2, 0.25) is 0 Å². The summed E-state index contributed by atoms with van der Waals surface area (Å²) >= 11 is 0. The molecule has 0 saturated heterocycles. The third kappa shape index (κ3) is 2.96. The van der Waals surface area contributed by atoms with Crippen LogP contribution in [0.1, 0.15) is 22.7 Å². The number of nitrogens with one attached hydrogen (secondary N) is 1. The van der Waals surface area contributed by atoms with Crippen LogP contribution in [-0.2, 0) is 0 Å². The van der Waals surface area contributed by atoms with Crippen molar-refractivity contribution in [3.8, 4) is 17.8 Å². The molecule has 1 aromatic heterocycles. The topological polar surface area (TPSA) is 85.4 Å². The maximum absolute atomic E-state index is 13.1. The molecular formula is C20H16N4O. The van der Waals surface area contributed by atoms with Gasteiger partial charge in [-0.25, -0.2) is 4.68 Å². The lowest BCUT2D eigenvalue weighted by molar-refractivity contribution is 0.699. The summed E-state index contributed by atoms with van der Waals surface area (Å²) in [4.78, 5) is 13.1. The van der Waals surface area contributed by atoms with Crippen molar-refractivity contribution < 1.29 is 0 Å². The van der Waals surface area contributed by atoms with Gasteiger partial charge < -0.3 is 0 Å². The van der Waals surface area contributed by atoms with Crippen LogP contribution in [0.3, 0.4) is 0 Å². The van der Waals surface area contributed by atoms with Crippen LogP contribution < -0.4 is 5.56 Å². The molecular weight excluding hydrogens is 312 g/mol. The predicted octanol–water partition coefficient (Wildman–Crippen LogP) is 3.27. The average molecular weight is 328 g/mol. The Morgan fingerprint density at radius 1 is 0.960 bits per heavy atom. The zero-order chi connectivity index (χ0) is 17.8. The number of H-pyrrole nitrogens is 1. The number of aromatic amines is 1. The molecule has 0 amide bonds. The first-order valence-corrected chi connectivity index (χ1v) is 7.88. The highest BCUT2D eigenvalue weighted by Crippen LogP contribution is 2.31. The van der Waals surface area contributed by atoms with Gasteiger partial charge in [0, 0.05) is 17.2 Å². The Balaban J connectivity index is 2.22. The zero-order valence-corrected chi connectivity index (χ0v) is 13.7. The maximum Gasteiger partial charge on any atom is 0.275 e. The summed E-state index contributed by atoms with van der Waals surface area (Å²) < 4.78 is 1.45. The van der Waals surface area contributed by atoms with Gasteiger partial charge in [-0.15, -0.1) is 0 Å². The minimum Gasteiger partial charge on any atom is -0.295 e. The molecule has 0 aliphatic rings. The van der Waals surface area contributed by atoms with Gasteiger partial charge in [-0.1, -0.05) is 48.5 Å². The lowest BCUT2D eigenvalue weighted by Gasteiger charge is -2.16. The van der Waals surface area contributed by atoms with Crippen molar-refractivity contribution >= 4 is 0 Å². The van der Waals surface area contributed by atoms with Crippen molar-refractivity contribution in [3.05, 3.63) is 87.8 Å². The highest BCUT2D eigenvalue weighted by Gasteiger charge is 2.30. The molecule has 122 valence electrons. The summed E-state index contributed by atoms with van der Waals surface area (Å²) in [6, 6.07) is 22.5. The summed E-state index contributed by atoms with van der Waals surface area (Å²) in [5.41, 5.74) is 2.34. The Bertz CT molecular complexity index is 990. The fraction of sp³-hybridized carbons (Fsp3) is 0.150. The van der Waals surface area contributed by atoms with Crippen molar-refractivity contribution in [2.24, 2.45) is 5.92 Å². The van der Waals surface area contributed by atoms with Gasteiger partial charge in [0.15, 0.2) is 0 Å².